The number of ether oxygens (including phenoxy) is 1. The Morgan fingerprint density at radius 2 is 2.06 bits per heavy atom. The number of para-hydroxylation sites is 1. The number of hydrogen-bond donors (Lipinski definition) is 3. The number of nitrogens with zero attached hydrogens (tertiary/aromatic N) is 4. The van der Waals surface area contributed by atoms with Crippen molar-refractivity contribution in [3.05, 3.63) is 87.3 Å². The summed E-state index contributed by atoms with van der Waals surface area (Å²) in [7, 11) is -4.00. The number of pyridine rings is 1. The quantitative estimate of drug-likeness (QED) is 0.228. The predicted molar refractivity (Wildman–Crippen MR) is 124 cm³/mol. The van der Waals surface area contributed by atoms with Gasteiger partial charge in [-0.2, -0.15) is 0 Å². The molecule has 182 valence electrons. The van der Waals surface area contributed by atoms with Gasteiger partial charge in [0.1, 0.15) is 34.5 Å². The van der Waals surface area contributed by atoms with Crippen LogP contribution in [-0.4, -0.2) is 33.3 Å². The average Bonchev–Trinajstić information content (AvgIpc) is 3.24. The fraction of sp³-hybridized carbons (Fsp3) is 0.286. The molecule has 1 aliphatic heterocycles. The van der Waals surface area contributed by atoms with Crippen LogP contribution in [0, 0.1) is 12.5 Å². The summed E-state index contributed by atoms with van der Waals surface area (Å²) in [6, 6.07) is 12.8. The van der Waals surface area contributed by atoms with Gasteiger partial charge in [0.2, 0.25) is 4.91 Å². The lowest BCUT2D eigenvalue weighted by molar-refractivity contribution is -0.0237. The predicted octanol–water partition coefficient (Wildman–Crippen LogP) is 2.76. The molecule has 0 amide bonds. The molecule has 1 fully saturated rings. The number of H-pyrrole nitrogens is 1. The second-order valence-corrected chi connectivity index (χ2v) is 9.31. The molecule has 1 saturated heterocycles. The third-order valence-corrected chi connectivity index (χ3v) is 6.60. The largest absolute Gasteiger partial charge is 0.487 e. The van der Waals surface area contributed by atoms with E-state index in [0.29, 0.717) is 11.3 Å². The Balaban J connectivity index is 1.55. The van der Waals surface area contributed by atoms with Crippen molar-refractivity contribution in [2.45, 2.75) is 31.7 Å². The number of aromatic amines is 1. The van der Waals surface area contributed by atoms with Crippen molar-refractivity contribution in [3.8, 4) is 5.75 Å². The van der Waals surface area contributed by atoms with Gasteiger partial charge in [0.15, 0.2) is 6.04 Å². The van der Waals surface area contributed by atoms with E-state index in [-0.39, 0.29) is 18.8 Å². The average molecular weight is 500 g/mol. The van der Waals surface area contributed by atoms with Gasteiger partial charge >= 0.3 is 13.4 Å². The van der Waals surface area contributed by atoms with Crippen LogP contribution >= 0.6 is 7.75 Å². The van der Waals surface area contributed by atoms with Crippen LogP contribution in [0.5, 0.6) is 5.75 Å². The summed E-state index contributed by atoms with van der Waals surface area (Å²) in [6.07, 6.45) is 1.47. The minimum Gasteiger partial charge on any atom is -0.409 e. The fourth-order valence-electron chi connectivity index (χ4n) is 3.47. The van der Waals surface area contributed by atoms with Gasteiger partial charge in [-0.15, -0.1) is 0 Å². The maximum Gasteiger partial charge on any atom is 0.487 e. The smallest absolute Gasteiger partial charge is 0.409 e. The Labute approximate surface area is 198 Å². The van der Waals surface area contributed by atoms with E-state index in [1.54, 1.807) is 55.5 Å². The van der Waals surface area contributed by atoms with Crippen molar-refractivity contribution in [2.24, 2.45) is 5.11 Å². The van der Waals surface area contributed by atoms with Gasteiger partial charge in [0.25, 0.3) is 5.56 Å². The molecule has 2 aromatic heterocycles. The molecule has 4 atom stereocenters. The van der Waals surface area contributed by atoms with Gasteiger partial charge in [-0.05, 0) is 31.2 Å². The Morgan fingerprint density at radius 1 is 1.29 bits per heavy atom. The van der Waals surface area contributed by atoms with Crippen LogP contribution in [0.25, 0.3) is 0 Å². The lowest BCUT2D eigenvalue weighted by Gasteiger charge is -2.22. The molecule has 35 heavy (non-hydrogen) atoms. The first-order valence-corrected chi connectivity index (χ1v) is 12.1. The molecule has 0 radical (unpaired) electrons. The molecule has 4 rings (SSSR count). The topological polar surface area (TPSA) is 175 Å². The van der Waals surface area contributed by atoms with Crippen LogP contribution in [0.3, 0.4) is 0 Å². The summed E-state index contributed by atoms with van der Waals surface area (Å²) in [5, 5.41) is 6.55. The van der Waals surface area contributed by atoms with Crippen molar-refractivity contribution >= 4 is 13.6 Å². The standard InChI is InChI=1S/C21H22N7O6P/c1-14-12-28(21(30)24-20(14)29)19-11-16(25-27-22)17(33-19)13-32-35(31,26-18-9-5-6-10-23-18)34-15-7-3-2-4-8-15/h2-10,12,16-17,19,22H,11,13H2,1H3,(H-,23,24,26,29,30,31)/p+1. The summed E-state index contributed by atoms with van der Waals surface area (Å²) >= 11 is 0. The zero-order valence-electron chi connectivity index (χ0n) is 18.6. The maximum absolute atomic E-state index is 13.6. The number of aromatic nitrogens is 3. The molecule has 4 unspecified atom stereocenters. The second kappa shape index (κ2) is 10.6. The van der Waals surface area contributed by atoms with Gasteiger partial charge in [-0.1, -0.05) is 24.3 Å². The Kier molecular flexibility index (Phi) is 7.33. The second-order valence-electron chi connectivity index (χ2n) is 7.65. The minimum atomic E-state index is -4.00. The molecule has 0 spiro atoms. The molecule has 3 heterocycles. The van der Waals surface area contributed by atoms with Crippen LogP contribution < -0.4 is 25.8 Å². The lowest BCUT2D eigenvalue weighted by atomic mass is 10.1. The zero-order chi connectivity index (χ0) is 24.8. The summed E-state index contributed by atoms with van der Waals surface area (Å²) < 4.78 is 32.2. The van der Waals surface area contributed by atoms with Crippen molar-refractivity contribution in [1.29, 1.82) is 5.53 Å². The third kappa shape index (κ3) is 5.97. The first-order chi connectivity index (χ1) is 16.9. The van der Waals surface area contributed by atoms with Crippen LogP contribution in [0.4, 0.5) is 5.82 Å². The number of hydrogen-bond acceptors (Lipinski definition) is 9. The van der Waals surface area contributed by atoms with Gasteiger partial charge in [0.05, 0.1) is 6.61 Å². The van der Waals surface area contributed by atoms with Crippen LogP contribution in [-0.2, 0) is 13.8 Å². The SMILES string of the molecule is Cc1cn(C2CC(N=[N+]=N)C(COP(=O)(Nc3ccccn3)Oc3ccccc3)O2)c(=O)[nH]c1=O. The van der Waals surface area contributed by atoms with Crippen molar-refractivity contribution < 1.29 is 18.3 Å². The maximum atomic E-state index is 13.6. The molecular weight excluding hydrogens is 477 g/mol. The van der Waals surface area contributed by atoms with E-state index in [1.165, 1.54) is 17.0 Å². The highest BCUT2D eigenvalue weighted by atomic mass is 31.2. The normalized spacial score (nSPS) is 21.0. The number of nitrogens with one attached hydrogen (secondary N) is 3. The van der Waals surface area contributed by atoms with Crippen LogP contribution in [0.1, 0.15) is 18.2 Å². The van der Waals surface area contributed by atoms with Crippen LogP contribution in [0.15, 0.2) is 75.6 Å². The molecule has 1 aromatic carbocycles. The highest BCUT2D eigenvalue weighted by Crippen LogP contribution is 2.48. The highest BCUT2D eigenvalue weighted by molar-refractivity contribution is 7.55. The van der Waals surface area contributed by atoms with E-state index in [4.69, 9.17) is 19.3 Å². The van der Waals surface area contributed by atoms with E-state index < -0.39 is 37.4 Å². The van der Waals surface area contributed by atoms with Gasteiger partial charge in [0, 0.05) is 24.4 Å². The third-order valence-electron chi connectivity index (χ3n) is 5.16. The van der Waals surface area contributed by atoms with E-state index in [2.05, 4.69) is 25.1 Å². The van der Waals surface area contributed by atoms with Crippen LogP contribution in [0.2, 0.25) is 0 Å². The fourth-order valence-corrected chi connectivity index (χ4v) is 4.79. The Bertz CT molecular complexity index is 1330. The molecule has 3 aromatic rings. The number of anilines is 1. The molecule has 13 nitrogen and oxygen atoms in total. The molecule has 14 heteroatoms. The zero-order valence-corrected chi connectivity index (χ0v) is 19.5. The number of aryl methyl sites for hydroxylation is 1. The molecule has 1 aliphatic rings. The summed E-state index contributed by atoms with van der Waals surface area (Å²) in [6.45, 7) is 1.30. The lowest BCUT2D eigenvalue weighted by Crippen LogP contribution is -2.33. The van der Waals surface area contributed by atoms with E-state index in [9.17, 15) is 14.2 Å². The summed E-state index contributed by atoms with van der Waals surface area (Å²) in [5.41, 5.74) is 6.31. The van der Waals surface area contributed by atoms with Gasteiger partial charge < -0.3 is 9.26 Å². The van der Waals surface area contributed by atoms with Crippen molar-refractivity contribution in [2.75, 3.05) is 11.7 Å². The number of benzene rings is 1. The first kappa shape index (κ1) is 24.2. The Hall–Kier alpha value is -3.89. The monoisotopic (exact) mass is 500 g/mol. The van der Waals surface area contributed by atoms with E-state index >= 15 is 0 Å². The molecule has 0 bridgehead atoms. The van der Waals surface area contributed by atoms with E-state index in [0.717, 1.165) is 0 Å². The number of rotatable bonds is 9. The first-order valence-electron chi connectivity index (χ1n) is 10.6. The van der Waals surface area contributed by atoms with E-state index in [1.807, 2.05) is 0 Å². The highest BCUT2D eigenvalue weighted by Gasteiger charge is 2.42. The van der Waals surface area contributed by atoms with Crippen molar-refractivity contribution in [3.63, 3.8) is 0 Å². The molecule has 0 saturated carbocycles. The summed E-state index contributed by atoms with van der Waals surface area (Å²) in [5.74, 6) is 0.580. The van der Waals surface area contributed by atoms with Crippen molar-refractivity contribution in [1.82, 2.24) is 19.4 Å². The Morgan fingerprint density at radius 3 is 2.77 bits per heavy atom. The van der Waals surface area contributed by atoms with Gasteiger partial charge in [-0.25, -0.2) is 14.3 Å². The minimum absolute atomic E-state index is 0.180. The molecule has 3 N–H and O–H groups in total. The molecule has 0 aliphatic carbocycles. The summed E-state index contributed by atoms with van der Waals surface area (Å²) in [4.78, 5) is 33.4. The van der Waals surface area contributed by atoms with Gasteiger partial charge in [-0.3, -0.25) is 24.0 Å². The molecular formula is C21H23N7O6P+.